The lowest BCUT2D eigenvalue weighted by molar-refractivity contribution is 0.167. The molecule has 1 fully saturated rings. The summed E-state index contributed by atoms with van der Waals surface area (Å²) in [6.07, 6.45) is 3.92. The van der Waals surface area contributed by atoms with Crippen LogP contribution in [-0.2, 0) is 6.61 Å². The van der Waals surface area contributed by atoms with Gasteiger partial charge in [-0.1, -0.05) is 48.9 Å². The molecule has 1 aliphatic heterocycles. The van der Waals surface area contributed by atoms with Crippen LogP contribution >= 0.6 is 0 Å². The van der Waals surface area contributed by atoms with Gasteiger partial charge in [0.05, 0.1) is 0 Å². The quantitative estimate of drug-likeness (QED) is 0.883. The highest BCUT2D eigenvalue weighted by Gasteiger charge is 2.20. The van der Waals surface area contributed by atoms with E-state index < -0.39 is 0 Å². The molecule has 3 heteroatoms. The molecule has 2 N–H and O–H groups in total. The van der Waals surface area contributed by atoms with E-state index in [2.05, 4.69) is 41.3 Å². The molecule has 0 aromatic heterocycles. The number of nitrogens with zero attached hydrogens (tertiary/aromatic N) is 1. The Bertz CT molecular complexity index is 576. The minimum Gasteiger partial charge on any atom is -0.489 e. The van der Waals surface area contributed by atoms with Crippen molar-refractivity contribution in [2.24, 2.45) is 5.73 Å². The van der Waals surface area contributed by atoms with Gasteiger partial charge in [0, 0.05) is 12.6 Å². The van der Waals surface area contributed by atoms with Gasteiger partial charge in [-0.15, -0.1) is 0 Å². The molecule has 3 nitrogen and oxygen atoms in total. The van der Waals surface area contributed by atoms with Gasteiger partial charge in [0.2, 0.25) is 0 Å². The maximum atomic E-state index is 6.04. The Kier molecular flexibility index (Phi) is 5.67. The topological polar surface area (TPSA) is 38.5 Å². The maximum Gasteiger partial charge on any atom is 0.119 e. The number of nitrogens with two attached hydrogens (primary N) is 1. The molecule has 0 unspecified atom stereocenters. The van der Waals surface area contributed by atoms with Crippen molar-refractivity contribution in [3.05, 3.63) is 65.7 Å². The van der Waals surface area contributed by atoms with Crippen molar-refractivity contribution in [1.29, 1.82) is 0 Å². The van der Waals surface area contributed by atoms with Gasteiger partial charge in [0.25, 0.3) is 0 Å². The number of rotatable bonds is 6. The number of ether oxygens (including phenoxy) is 1. The summed E-state index contributed by atoms with van der Waals surface area (Å²) < 4.78 is 5.86. The van der Waals surface area contributed by atoms with E-state index in [1.54, 1.807) is 0 Å². The molecular weight excluding hydrogens is 284 g/mol. The number of likely N-dealkylation sites (tertiary alicyclic amines) is 1. The van der Waals surface area contributed by atoms with Gasteiger partial charge in [-0.25, -0.2) is 0 Å². The summed E-state index contributed by atoms with van der Waals surface area (Å²) in [5, 5.41) is 0. The fourth-order valence-corrected chi connectivity index (χ4v) is 3.25. The highest BCUT2D eigenvalue weighted by Crippen LogP contribution is 2.25. The van der Waals surface area contributed by atoms with E-state index in [9.17, 15) is 0 Å². The average Bonchev–Trinajstić information content (AvgIpc) is 2.63. The van der Waals surface area contributed by atoms with Crippen LogP contribution in [0.4, 0.5) is 0 Å². The minimum absolute atomic E-state index is 0.332. The first-order valence-electron chi connectivity index (χ1n) is 8.57. The lowest BCUT2D eigenvalue weighted by atomic mass is 10.0. The second-order valence-electron chi connectivity index (χ2n) is 6.19. The Morgan fingerprint density at radius 2 is 1.61 bits per heavy atom. The van der Waals surface area contributed by atoms with Crippen LogP contribution in [0.15, 0.2) is 54.6 Å². The average molecular weight is 310 g/mol. The van der Waals surface area contributed by atoms with Crippen LogP contribution in [0.3, 0.4) is 0 Å². The van der Waals surface area contributed by atoms with Crippen LogP contribution in [0.1, 0.15) is 36.4 Å². The molecule has 1 heterocycles. The second kappa shape index (κ2) is 8.14. The standard InChI is InChI=1S/C20H26N2O/c21-15-20(22-13-5-2-6-14-22)18-9-11-19(12-10-18)23-16-17-7-3-1-4-8-17/h1,3-4,7-12,20H,2,5-6,13-16,21H2/t20-/m0/s1. The Hall–Kier alpha value is -1.84. The number of piperidine rings is 1. The molecule has 0 saturated carbocycles. The van der Waals surface area contributed by atoms with E-state index in [4.69, 9.17) is 10.5 Å². The Labute approximate surface area is 139 Å². The predicted molar refractivity (Wildman–Crippen MR) is 94.4 cm³/mol. The van der Waals surface area contributed by atoms with Crippen LogP contribution in [0.5, 0.6) is 5.75 Å². The fourth-order valence-electron chi connectivity index (χ4n) is 3.25. The molecule has 0 aliphatic carbocycles. The first kappa shape index (κ1) is 16.0. The summed E-state index contributed by atoms with van der Waals surface area (Å²) in [4.78, 5) is 2.52. The predicted octanol–water partition coefficient (Wildman–Crippen LogP) is 3.75. The van der Waals surface area contributed by atoms with Crippen molar-refractivity contribution >= 4 is 0 Å². The number of benzene rings is 2. The zero-order valence-corrected chi connectivity index (χ0v) is 13.7. The van der Waals surface area contributed by atoms with Crippen molar-refractivity contribution in [2.75, 3.05) is 19.6 Å². The van der Waals surface area contributed by atoms with Gasteiger partial charge in [0.15, 0.2) is 0 Å². The van der Waals surface area contributed by atoms with E-state index in [1.807, 2.05) is 18.2 Å². The third-order valence-corrected chi connectivity index (χ3v) is 4.57. The first-order chi connectivity index (χ1) is 11.4. The lowest BCUT2D eigenvalue weighted by Crippen LogP contribution is -2.37. The van der Waals surface area contributed by atoms with E-state index in [-0.39, 0.29) is 0 Å². The van der Waals surface area contributed by atoms with Crippen LogP contribution < -0.4 is 10.5 Å². The summed E-state index contributed by atoms with van der Waals surface area (Å²) in [6, 6.07) is 19.0. The number of hydrogen-bond donors (Lipinski definition) is 1. The summed E-state index contributed by atoms with van der Waals surface area (Å²) in [5.74, 6) is 0.909. The highest BCUT2D eigenvalue weighted by atomic mass is 16.5. The van der Waals surface area contributed by atoms with Crippen LogP contribution in [0.25, 0.3) is 0 Å². The molecule has 2 aromatic rings. The third kappa shape index (κ3) is 4.34. The van der Waals surface area contributed by atoms with Gasteiger partial charge in [-0.05, 0) is 49.2 Å². The molecule has 0 radical (unpaired) electrons. The monoisotopic (exact) mass is 310 g/mol. The SMILES string of the molecule is NC[C@@H](c1ccc(OCc2ccccc2)cc1)N1CCCCC1. The van der Waals surface area contributed by atoms with Crippen LogP contribution in [-0.4, -0.2) is 24.5 Å². The van der Waals surface area contributed by atoms with Gasteiger partial charge in [0.1, 0.15) is 12.4 Å². The summed E-state index contributed by atoms with van der Waals surface area (Å²) >= 11 is 0. The van der Waals surface area contributed by atoms with E-state index >= 15 is 0 Å². The third-order valence-electron chi connectivity index (χ3n) is 4.57. The van der Waals surface area contributed by atoms with Crippen molar-refractivity contribution in [2.45, 2.75) is 31.9 Å². The molecule has 3 rings (SSSR count). The molecular formula is C20H26N2O. The minimum atomic E-state index is 0.332. The second-order valence-corrected chi connectivity index (χ2v) is 6.19. The van der Waals surface area contributed by atoms with Crippen molar-refractivity contribution in [3.8, 4) is 5.75 Å². The van der Waals surface area contributed by atoms with E-state index in [0.717, 1.165) is 18.8 Å². The zero-order valence-electron chi connectivity index (χ0n) is 13.7. The molecule has 23 heavy (non-hydrogen) atoms. The van der Waals surface area contributed by atoms with Crippen molar-refractivity contribution in [1.82, 2.24) is 4.90 Å². The summed E-state index contributed by atoms with van der Waals surface area (Å²) in [5.41, 5.74) is 8.51. The first-order valence-corrected chi connectivity index (χ1v) is 8.57. The molecule has 0 amide bonds. The van der Waals surface area contributed by atoms with E-state index in [0.29, 0.717) is 19.2 Å². The van der Waals surface area contributed by atoms with Gasteiger partial charge >= 0.3 is 0 Å². The Balaban J connectivity index is 1.61. The van der Waals surface area contributed by atoms with Gasteiger partial charge < -0.3 is 10.5 Å². The van der Waals surface area contributed by atoms with Gasteiger partial charge in [-0.3, -0.25) is 4.90 Å². The summed E-state index contributed by atoms with van der Waals surface area (Å²) in [7, 11) is 0. The maximum absolute atomic E-state index is 6.04. The molecule has 0 spiro atoms. The molecule has 1 atom stereocenters. The molecule has 2 aromatic carbocycles. The molecule has 1 aliphatic rings. The van der Waals surface area contributed by atoms with Crippen molar-refractivity contribution < 1.29 is 4.74 Å². The lowest BCUT2D eigenvalue weighted by Gasteiger charge is -2.34. The van der Waals surface area contributed by atoms with Gasteiger partial charge in [-0.2, -0.15) is 0 Å². The normalized spacial score (nSPS) is 16.9. The number of hydrogen-bond acceptors (Lipinski definition) is 3. The van der Waals surface area contributed by atoms with Crippen molar-refractivity contribution in [3.63, 3.8) is 0 Å². The summed E-state index contributed by atoms with van der Waals surface area (Å²) in [6.45, 7) is 3.60. The highest BCUT2D eigenvalue weighted by molar-refractivity contribution is 5.30. The zero-order chi connectivity index (χ0) is 15.9. The largest absolute Gasteiger partial charge is 0.489 e. The van der Waals surface area contributed by atoms with Crippen LogP contribution in [0, 0.1) is 0 Å². The fraction of sp³-hybridized carbons (Fsp3) is 0.400. The Morgan fingerprint density at radius 3 is 2.26 bits per heavy atom. The smallest absolute Gasteiger partial charge is 0.119 e. The van der Waals surface area contributed by atoms with Crippen LogP contribution in [0.2, 0.25) is 0 Å². The molecule has 1 saturated heterocycles. The van der Waals surface area contributed by atoms with E-state index in [1.165, 1.54) is 30.4 Å². The Morgan fingerprint density at radius 1 is 0.913 bits per heavy atom. The molecule has 0 bridgehead atoms. The molecule has 122 valence electrons.